The Morgan fingerprint density at radius 1 is 0.771 bits per heavy atom. The van der Waals surface area contributed by atoms with E-state index in [1.165, 1.54) is 37.8 Å². The van der Waals surface area contributed by atoms with Crippen molar-refractivity contribution in [1.82, 2.24) is 15.1 Å². The fourth-order valence-corrected chi connectivity index (χ4v) is 5.83. The molecule has 5 rings (SSSR count). The summed E-state index contributed by atoms with van der Waals surface area (Å²) >= 11 is 0. The van der Waals surface area contributed by atoms with Gasteiger partial charge >= 0.3 is 0 Å². The first-order valence-corrected chi connectivity index (χ1v) is 13.0. The van der Waals surface area contributed by atoms with Gasteiger partial charge in [0.1, 0.15) is 5.82 Å². The first kappa shape index (κ1) is 23.8. The summed E-state index contributed by atoms with van der Waals surface area (Å²) in [4.78, 5) is 32.8. The number of benzene rings is 2. The number of para-hydroxylation sites is 1. The van der Waals surface area contributed by atoms with E-state index in [9.17, 15) is 14.0 Å². The molecule has 2 aromatic carbocycles. The smallest absolute Gasteiger partial charge is 0.256 e. The van der Waals surface area contributed by atoms with E-state index in [4.69, 9.17) is 0 Å². The van der Waals surface area contributed by atoms with Gasteiger partial charge in [0, 0.05) is 57.0 Å². The van der Waals surface area contributed by atoms with Crippen molar-refractivity contribution < 1.29 is 14.0 Å². The van der Waals surface area contributed by atoms with Gasteiger partial charge in [-0.25, -0.2) is 4.39 Å². The van der Waals surface area contributed by atoms with Crippen LogP contribution in [0.4, 0.5) is 10.1 Å². The summed E-state index contributed by atoms with van der Waals surface area (Å²) in [6.45, 7) is 4.98. The quantitative estimate of drug-likeness (QED) is 0.708. The van der Waals surface area contributed by atoms with Crippen LogP contribution < -0.4 is 10.2 Å². The highest BCUT2D eigenvalue weighted by Gasteiger charge is 2.30. The molecule has 1 N–H and O–H groups in total. The summed E-state index contributed by atoms with van der Waals surface area (Å²) in [5, 5.41) is 2.98. The molecular formula is C28H35FN4O2. The zero-order chi connectivity index (χ0) is 24.2. The number of hydrogen-bond donors (Lipinski definition) is 1. The van der Waals surface area contributed by atoms with Gasteiger partial charge in [-0.3, -0.25) is 14.5 Å². The van der Waals surface area contributed by atoms with Crippen molar-refractivity contribution >= 4 is 17.5 Å². The Bertz CT molecular complexity index is 1040. The maximum atomic E-state index is 13.9. The monoisotopic (exact) mass is 478 g/mol. The third-order valence-corrected chi connectivity index (χ3v) is 7.87. The van der Waals surface area contributed by atoms with Crippen molar-refractivity contribution in [3.8, 4) is 0 Å². The van der Waals surface area contributed by atoms with Crippen LogP contribution in [-0.4, -0.2) is 73.0 Å². The Morgan fingerprint density at radius 3 is 2.09 bits per heavy atom. The van der Waals surface area contributed by atoms with Crippen LogP contribution >= 0.6 is 0 Å². The van der Waals surface area contributed by atoms with Crippen LogP contribution in [0.5, 0.6) is 0 Å². The van der Waals surface area contributed by atoms with Crippen LogP contribution in [0, 0.1) is 5.82 Å². The molecule has 35 heavy (non-hydrogen) atoms. The van der Waals surface area contributed by atoms with E-state index in [-0.39, 0.29) is 23.4 Å². The molecule has 7 heteroatoms. The van der Waals surface area contributed by atoms with Gasteiger partial charge in [-0.15, -0.1) is 0 Å². The Kier molecular flexibility index (Phi) is 7.32. The Morgan fingerprint density at radius 2 is 1.40 bits per heavy atom. The SMILES string of the molecule is O=C(NC1CCN(c2ccccc2C(=O)N2CCN(C3CCCC3)CC2)CC1)c1ccccc1F. The van der Waals surface area contributed by atoms with E-state index in [1.807, 2.05) is 29.2 Å². The fourth-order valence-electron chi connectivity index (χ4n) is 5.83. The number of rotatable bonds is 5. The van der Waals surface area contributed by atoms with Crippen molar-refractivity contribution in [2.24, 2.45) is 0 Å². The van der Waals surface area contributed by atoms with Crippen LogP contribution in [0.2, 0.25) is 0 Å². The number of halogens is 1. The minimum atomic E-state index is -0.501. The van der Waals surface area contributed by atoms with Gasteiger partial charge in [0.2, 0.25) is 0 Å². The Labute approximate surface area is 207 Å². The summed E-state index contributed by atoms with van der Waals surface area (Å²) in [5.74, 6) is -0.755. The molecule has 0 spiro atoms. The zero-order valence-corrected chi connectivity index (χ0v) is 20.3. The van der Waals surface area contributed by atoms with Gasteiger partial charge in [0.15, 0.2) is 0 Å². The summed E-state index contributed by atoms with van der Waals surface area (Å²) < 4.78 is 13.9. The highest BCUT2D eigenvalue weighted by atomic mass is 19.1. The van der Waals surface area contributed by atoms with Crippen molar-refractivity contribution in [3.05, 3.63) is 65.5 Å². The topological polar surface area (TPSA) is 55.9 Å². The minimum absolute atomic E-state index is 0.00937. The van der Waals surface area contributed by atoms with E-state index in [0.717, 1.165) is 63.4 Å². The number of hydrogen-bond acceptors (Lipinski definition) is 4. The van der Waals surface area contributed by atoms with Gasteiger partial charge in [0.25, 0.3) is 11.8 Å². The van der Waals surface area contributed by atoms with E-state index in [1.54, 1.807) is 12.1 Å². The molecular weight excluding hydrogens is 443 g/mol. The van der Waals surface area contributed by atoms with Crippen LogP contribution in [0.25, 0.3) is 0 Å². The van der Waals surface area contributed by atoms with Gasteiger partial charge in [-0.2, -0.15) is 0 Å². The van der Waals surface area contributed by atoms with Gasteiger partial charge in [-0.05, 0) is 49.9 Å². The molecule has 0 radical (unpaired) electrons. The summed E-state index contributed by atoms with van der Waals surface area (Å²) in [6.07, 6.45) is 6.77. The molecule has 0 aromatic heterocycles. The lowest BCUT2D eigenvalue weighted by Gasteiger charge is -2.39. The summed E-state index contributed by atoms with van der Waals surface area (Å²) in [5.41, 5.74) is 1.81. The lowest BCUT2D eigenvalue weighted by Crippen LogP contribution is -2.51. The Balaban J connectivity index is 1.18. The van der Waals surface area contributed by atoms with Crippen molar-refractivity contribution in [1.29, 1.82) is 0 Å². The van der Waals surface area contributed by atoms with Crippen molar-refractivity contribution in [2.45, 2.75) is 50.6 Å². The van der Waals surface area contributed by atoms with E-state index < -0.39 is 5.82 Å². The molecule has 6 nitrogen and oxygen atoms in total. The van der Waals surface area contributed by atoms with Crippen LogP contribution in [0.15, 0.2) is 48.5 Å². The predicted molar refractivity (Wildman–Crippen MR) is 135 cm³/mol. The highest BCUT2D eigenvalue weighted by molar-refractivity contribution is 6.00. The Hall–Kier alpha value is -2.93. The average Bonchev–Trinajstić information content (AvgIpc) is 3.44. The number of nitrogens with one attached hydrogen (secondary N) is 1. The summed E-state index contributed by atoms with van der Waals surface area (Å²) in [7, 11) is 0. The maximum absolute atomic E-state index is 13.9. The van der Waals surface area contributed by atoms with Crippen LogP contribution in [0.3, 0.4) is 0 Å². The number of carbonyl (C=O) groups excluding carboxylic acids is 2. The number of amides is 2. The van der Waals surface area contributed by atoms with Crippen LogP contribution in [0.1, 0.15) is 59.2 Å². The molecule has 2 saturated heterocycles. The molecule has 1 aliphatic carbocycles. The molecule has 0 atom stereocenters. The fraction of sp³-hybridized carbons (Fsp3) is 0.500. The average molecular weight is 479 g/mol. The number of carbonyl (C=O) groups is 2. The maximum Gasteiger partial charge on any atom is 0.256 e. The molecule has 0 unspecified atom stereocenters. The number of piperazine rings is 1. The third kappa shape index (κ3) is 5.35. The standard InChI is InChI=1S/C28H35FN4O2/c29-25-11-5-3-9-23(25)27(34)30-21-13-15-32(16-14-21)26-12-6-4-10-24(26)28(35)33-19-17-31(18-20-33)22-7-1-2-8-22/h3-6,9-12,21-22H,1-2,7-8,13-20H2,(H,30,34). The highest BCUT2D eigenvalue weighted by Crippen LogP contribution is 2.28. The number of piperidine rings is 1. The second-order valence-electron chi connectivity index (χ2n) is 10.00. The number of nitrogens with zero attached hydrogens (tertiary/aromatic N) is 3. The van der Waals surface area contributed by atoms with E-state index >= 15 is 0 Å². The van der Waals surface area contributed by atoms with E-state index in [2.05, 4.69) is 15.1 Å². The molecule has 2 aromatic rings. The molecule has 0 bridgehead atoms. The van der Waals surface area contributed by atoms with Gasteiger partial charge in [-0.1, -0.05) is 37.1 Å². The molecule has 2 heterocycles. The lowest BCUT2D eigenvalue weighted by atomic mass is 10.0. The van der Waals surface area contributed by atoms with Crippen LogP contribution in [-0.2, 0) is 0 Å². The second kappa shape index (κ2) is 10.8. The molecule has 2 aliphatic heterocycles. The first-order valence-electron chi connectivity index (χ1n) is 13.0. The third-order valence-electron chi connectivity index (χ3n) is 7.87. The molecule has 3 aliphatic rings. The molecule has 2 amide bonds. The minimum Gasteiger partial charge on any atom is -0.371 e. The van der Waals surface area contributed by atoms with Crippen molar-refractivity contribution in [2.75, 3.05) is 44.2 Å². The second-order valence-corrected chi connectivity index (χ2v) is 10.00. The zero-order valence-electron chi connectivity index (χ0n) is 20.3. The normalized spacial score (nSPS) is 20.3. The lowest BCUT2D eigenvalue weighted by molar-refractivity contribution is 0.0574. The largest absolute Gasteiger partial charge is 0.371 e. The van der Waals surface area contributed by atoms with E-state index in [0.29, 0.717) is 6.04 Å². The van der Waals surface area contributed by atoms with Crippen molar-refractivity contribution in [3.63, 3.8) is 0 Å². The molecule has 186 valence electrons. The predicted octanol–water partition coefficient (Wildman–Crippen LogP) is 3.92. The van der Waals surface area contributed by atoms with Gasteiger partial charge in [0.05, 0.1) is 11.1 Å². The molecule has 3 fully saturated rings. The number of anilines is 1. The summed E-state index contributed by atoms with van der Waals surface area (Å²) in [6, 6.07) is 14.7. The molecule has 1 saturated carbocycles. The van der Waals surface area contributed by atoms with Gasteiger partial charge < -0.3 is 15.1 Å². The first-order chi connectivity index (χ1) is 17.1.